The van der Waals surface area contributed by atoms with Gasteiger partial charge in [0, 0.05) is 11.5 Å². The van der Waals surface area contributed by atoms with Crippen molar-refractivity contribution in [3.05, 3.63) is 47.6 Å². The van der Waals surface area contributed by atoms with Crippen LogP contribution in [0, 0.1) is 0 Å². The molecular formula is C13H14OS2. The Labute approximate surface area is 105 Å². The van der Waals surface area contributed by atoms with Crippen LogP contribution in [0.3, 0.4) is 0 Å². The van der Waals surface area contributed by atoms with Gasteiger partial charge < -0.3 is 0 Å². The van der Waals surface area contributed by atoms with Gasteiger partial charge in [0.25, 0.3) is 0 Å². The van der Waals surface area contributed by atoms with Gasteiger partial charge in [-0.25, -0.2) is 0 Å². The summed E-state index contributed by atoms with van der Waals surface area (Å²) in [5, 5.41) is 0. The smallest absolute Gasteiger partial charge is 0.246 e. The molecule has 0 saturated carbocycles. The van der Waals surface area contributed by atoms with Crippen LogP contribution in [0.4, 0.5) is 4.79 Å². The van der Waals surface area contributed by atoms with Gasteiger partial charge in [0.15, 0.2) is 0 Å². The normalized spacial score (nSPS) is 17.8. The maximum atomic E-state index is 11.6. The fourth-order valence-corrected chi connectivity index (χ4v) is 3.25. The highest BCUT2D eigenvalue weighted by Gasteiger charge is 2.08. The topological polar surface area (TPSA) is 17.1 Å². The molecule has 1 nitrogen and oxygen atoms in total. The Morgan fingerprint density at radius 3 is 2.81 bits per heavy atom. The maximum Gasteiger partial charge on any atom is 0.246 e. The zero-order valence-electron chi connectivity index (χ0n) is 9.02. The summed E-state index contributed by atoms with van der Waals surface area (Å²) in [4.78, 5) is 11.6. The van der Waals surface area contributed by atoms with Gasteiger partial charge in [-0.2, -0.15) is 0 Å². The largest absolute Gasteiger partial charge is 0.274 e. The monoisotopic (exact) mass is 250 g/mol. The Hall–Kier alpha value is -0.670. The van der Waals surface area contributed by atoms with Crippen LogP contribution in [0.2, 0.25) is 0 Å². The van der Waals surface area contributed by atoms with Crippen LogP contribution >= 0.6 is 23.5 Å². The van der Waals surface area contributed by atoms with Crippen LogP contribution in [0.25, 0.3) is 0 Å². The molecule has 0 radical (unpaired) electrons. The predicted molar refractivity (Wildman–Crippen MR) is 74.0 cm³/mol. The third-order valence-corrected chi connectivity index (χ3v) is 4.60. The van der Waals surface area contributed by atoms with Crippen LogP contribution in [-0.2, 0) is 0 Å². The first-order chi connectivity index (χ1) is 7.84. The van der Waals surface area contributed by atoms with Crippen molar-refractivity contribution in [2.24, 2.45) is 0 Å². The third kappa shape index (κ3) is 3.72. The van der Waals surface area contributed by atoms with E-state index in [1.165, 1.54) is 34.7 Å². The van der Waals surface area contributed by atoms with Gasteiger partial charge in [-0.15, -0.1) is 0 Å². The Morgan fingerprint density at radius 1 is 1.25 bits per heavy atom. The van der Waals surface area contributed by atoms with Crippen molar-refractivity contribution in [1.29, 1.82) is 0 Å². The molecule has 3 heteroatoms. The molecule has 0 aromatic heterocycles. The number of hydrogen-bond acceptors (Lipinski definition) is 3. The molecule has 2 aliphatic carbocycles. The van der Waals surface area contributed by atoms with Crippen molar-refractivity contribution in [2.75, 3.05) is 11.5 Å². The van der Waals surface area contributed by atoms with Crippen LogP contribution < -0.4 is 0 Å². The van der Waals surface area contributed by atoms with Crippen molar-refractivity contribution in [3.8, 4) is 0 Å². The number of hydrogen-bond donors (Lipinski definition) is 0. The van der Waals surface area contributed by atoms with Crippen molar-refractivity contribution >= 4 is 28.0 Å². The molecule has 0 heterocycles. The first-order valence-electron chi connectivity index (χ1n) is 5.34. The molecule has 0 atom stereocenters. The lowest BCUT2D eigenvalue weighted by molar-refractivity contribution is 0.276. The third-order valence-electron chi connectivity index (χ3n) is 2.43. The number of allylic oxidation sites excluding steroid dienone is 6. The molecular weight excluding hydrogens is 236 g/mol. The van der Waals surface area contributed by atoms with Gasteiger partial charge in [0.05, 0.1) is 0 Å². The molecule has 0 saturated heterocycles. The van der Waals surface area contributed by atoms with Crippen LogP contribution in [0.1, 0.15) is 12.8 Å². The molecule has 0 spiro atoms. The Morgan fingerprint density at radius 2 is 2.12 bits per heavy atom. The fourth-order valence-electron chi connectivity index (χ4n) is 1.55. The molecule has 0 amide bonds. The minimum absolute atomic E-state index is 0.231. The number of thioether (sulfide) groups is 2. The van der Waals surface area contributed by atoms with E-state index in [0.717, 1.165) is 24.3 Å². The average molecular weight is 250 g/mol. The van der Waals surface area contributed by atoms with E-state index in [1.807, 2.05) is 0 Å². The fraction of sp³-hybridized carbons (Fsp3) is 0.308. The lowest BCUT2D eigenvalue weighted by Gasteiger charge is -2.01. The predicted octanol–water partition coefficient (Wildman–Crippen LogP) is 4.35. The van der Waals surface area contributed by atoms with E-state index < -0.39 is 0 Å². The van der Waals surface area contributed by atoms with Gasteiger partial charge in [0.1, 0.15) is 0 Å². The number of carbonyl (C=O) groups excluding carboxylic acids is 1. The van der Waals surface area contributed by atoms with Crippen molar-refractivity contribution in [1.82, 2.24) is 0 Å². The highest BCUT2D eigenvalue weighted by molar-refractivity contribution is 8.38. The standard InChI is InChI=1S/C13H14OS2/c14-13(15-9-11-5-1-2-6-11)16-10-12-7-3-4-8-12/h1-3,5,7-8H,4,6,9-10H2. The molecule has 0 aromatic carbocycles. The molecule has 0 N–H and O–H groups in total. The van der Waals surface area contributed by atoms with E-state index in [1.54, 1.807) is 0 Å². The molecule has 0 aromatic rings. The van der Waals surface area contributed by atoms with Crippen LogP contribution in [0.5, 0.6) is 0 Å². The first-order valence-corrected chi connectivity index (χ1v) is 7.31. The van der Waals surface area contributed by atoms with E-state index in [0.29, 0.717) is 0 Å². The number of carbonyl (C=O) groups is 1. The van der Waals surface area contributed by atoms with E-state index in [-0.39, 0.29) is 4.45 Å². The summed E-state index contributed by atoms with van der Waals surface area (Å²) in [5.41, 5.74) is 2.62. The summed E-state index contributed by atoms with van der Waals surface area (Å²) in [7, 11) is 0. The second-order valence-corrected chi connectivity index (χ2v) is 5.86. The summed E-state index contributed by atoms with van der Waals surface area (Å²) >= 11 is 2.84. The van der Waals surface area contributed by atoms with Crippen molar-refractivity contribution < 1.29 is 4.79 Å². The Kier molecular flexibility index (Phi) is 4.55. The van der Waals surface area contributed by atoms with E-state index in [2.05, 4.69) is 36.5 Å². The molecule has 16 heavy (non-hydrogen) atoms. The molecule has 0 bridgehead atoms. The Balaban J connectivity index is 1.62. The van der Waals surface area contributed by atoms with Crippen molar-refractivity contribution in [3.63, 3.8) is 0 Å². The van der Waals surface area contributed by atoms with Gasteiger partial charge in [-0.1, -0.05) is 65.6 Å². The second-order valence-electron chi connectivity index (χ2n) is 3.70. The van der Waals surface area contributed by atoms with Gasteiger partial charge >= 0.3 is 0 Å². The van der Waals surface area contributed by atoms with Gasteiger partial charge in [0.2, 0.25) is 4.45 Å². The minimum atomic E-state index is 0.231. The van der Waals surface area contributed by atoms with E-state index in [9.17, 15) is 4.79 Å². The first kappa shape index (κ1) is 11.8. The zero-order chi connectivity index (χ0) is 11.2. The molecule has 84 valence electrons. The second kappa shape index (κ2) is 6.16. The average Bonchev–Trinajstić information content (AvgIpc) is 2.96. The summed E-state index contributed by atoms with van der Waals surface area (Å²) in [6.45, 7) is 0. The molecule has 0 aliphatic heterocycles. The SMILES string of the molecule is O=C(SCC1=CCC=C1)SCC1=CC=CC1. The Bertz CT molecular complexity index is 389. The quantitative estimate of drug-likeness (QED) is 0.738. The lowest BCUT2D eigenvalue weighted by Crippen LogP contribution is -1.91. The molecule has 0 unspecified atom stereocenters. The van der Waals surface area contributed by atoms with Gasteiger partial charge in [-0.3, -0.25) is 4.79 Å². The minimum Gasteiger partial charge on any atom is -0.274 e. The lowest BCUT2D eigenvalue weighted by atomic mass is 10.3. The molecule has 0 fully saturated rings. The zero-order valence-corrected chi connectivity index (χ0v) is 10.7. The summed E-state index contributed by atoms with van der Waals surface area (Å²) in [6.07, 6.45) is 14.7. The maximum absolute atomic E-state index is 11.6. The summed E-state index contributed by atoms with van der Waals surface area (Å²) in [6, 6.07) is 0. The summed E-state index contributed by atoms with van der Waals surface area (Å²) in [5.74, 6) is 1.66. The van der Waals surface area contributed by atoms with E-state index >= 15 is 0 Å². The highest BCUT2D eigenvalue weighted by atomic mass is 32.2. The van der Waals surface area contributed by atoms with Crippen molar-refractivity contribution in [2.45, 2.75) is 12.8 Å². The van der Waals surface area contributed by atoms with Gasteiger partial charge in [-0.05, 0) is 18.4 Å². The van der Waals surface area contributed by atoms with Crippen LogP contribution in [-0.4, -0.2) is 16.0 Å². The highest BCUT2D eigenvalue weighted by Crippen LogP contribution is 2.25. The molecule has 2 aliphatic rings. The van der Waals surface area contributed by atoms with E-state index in [4.69, 9.17) is 0 Å². The van der Waals surface area contributed by atoms with Crippen LogP contribution in [0.15, 0.2) is 47.6 Å². The number of rotatable bonds is 4. The molecule has 2 rings (SSSR count). The summed E-state index contributed by atoms with van der Waals surface area (Å²) < 4.78 is 0.231.